The molecule has 1 aromatic carbocycles. The van der Waals surface area contributed by atoms with Gasteiger partial charge in [-0.3, -0.25) is 0 Å². The number of hydrogen-bond acceptors (Lipinski definition) is 2. The summed E-state index contributed by atoms with van der Waals surface area (Å²) in [7, 11) is 0. The smallest absolute Gasteiger partial charge is 0.118 e. The first-order chi connectivity index (χ1) is 8.74. The molecule has 0 aliphatic rings. The summed E-state index contributed by atoms with van der Waals surface area (Å²) >= 11 is 0. The molecule has 2 aromatic heterocycles. The summed E-state index contributed by atoms with van der Waals surface area (Å²) in [5.74, 6) is 0. The zero-order valence-electron chi connectivity index (χ0n) is 10.4. The first kappa shape index (κ1) is 10.8. The molecular formula is C14H14N4. The average Bonchev–Trinajstić information content (AvgIpc) is 2.90. The minimum atomic E-state index is 0.955. The molecule has 90 valence electrons. The Morgan fingerprint density at radius 2 is 2.11 bits per heavy atom. The molecule has 0 saturated carbocycles. The fourth-order valence-corrected chi connectivity index (χ4v) is 2.04. The van der Waals surface area contributed by atoms with Crippen LogP contribution in [0.3, 0.4) is 0 Å². The van der Waals surface area contributed by atoms with Crippen LogP contribution in [-0.2, 0) is 0 Å². The summed E-state index contributed by atoms with van der Waals surface area (Å²) in [5.41, 5.74) is 5.34. The van der Waals surface area contributed by atoms with Crippen LogP contribution in [0.25, 0.3) is 11.0 Å². The molecule has 0 amide bonds. The Labute approximate surface area is 105 Å². The normalized spacial score (nSPS) is 11.7. The van der Waals surface area contributed by atoms with Crippen LogP contribution in [0.15, 0.2) is 41.8 Å². The van der Waals surface area contributed by atoms with Gasteiger partial charge in [0.2, 0.25) is 0 Å². The lowest BCUT2D eigenvalue weighted by Gasteiger charge is -1.95. The third kappa shape index (κ3) is 1.82. The molecule has 18 heavy (non-hydrogen) atoms. The molecule has 4 heteroatoms. The van der Waals surface area contributed by atoms with Gasteiger partial charge in [0.1, 0.15) is 6.33 Å². The first-order valence-electron chi connectivity index (χ1n) is 5.87. The van der Waals surface area contributed by atoms with E-state index in [-0.39, 0.29) is 0 Å². The molecule has 3 aromatic rings. The lowest BCUT2D eigenvalue weighted by atomic mass is 10.3. The van der Waals surface area contributed by atoms with Crippen molar-refractivity contribution >= 4 is 17.2 Å². The molecule has 4 nitrogen and oxygen atoms in total. The van der Waals surface area contributed by atoms with Gasteiger partial charge >= 0.3 is 0 Å². The molecule has 0 aliphatic carbocycles. The van der Waals surface area contributed by atoms with Crippen LogP contribution in [0.4, 0.5) is 0 Å². The highest BCUT2D eigenvalue weighted by Crippen LogP contribution is 2.12. The number of fused-ring (bicyclic) bond motifs is 1. The monoisotopic (exact) mass is 238 g/mol. The number of rotatable bonds is 2. The standard InChI is InChI=1S/C14H14N4/c1-10-7-12(11(2)17-10)8-16-18-9-15-13-5-3-4-6-14(13)18/h3-9,17H,1-2H3/b16-8+. The minimum absolute atomic E-state index is 0.955. The van der Waals surface area contributed by atoms with E-state index in [1.807, 2.05) is 44.3 Å². The summed E-state index contributed by atoms with van der Waals surface area (Å²) in [6, 6.07) is 10.0. The second-order valence-electron chi connectivity index (χ2n) is 4.36. The molecule has 3 rings (SSSR count). The summed E-state index contributed by atoms with van der Waals surface area (Å²) in [6.45, 7) is 4.08. The summed E-state index contributed by atoms with van der Waals surface area (Å²) in [6.07, 6.45) is 3.59. The molecule has 1 N–H and O–H groups in total. The van der Waals surface area contributed by atoms with E-state index in [1.54, 1.807) is 11.0 Å². The lowest BCUT2D eigenvalue weighted by Crippen LogP contribution is -1.89. The van der Waals surface area contributed by atoms with Gasteiger partial charge in [-0.1, -0.05) is 12.1 Å². The Hall–Kier alpha value is -2.36. The molecule has 0 saturated heterocycles. The molecule has 0 radical (unpaired) electrons. The predicted molar refractivity (Wildman–Crippen MR) is 73.0 cm³/mol. The quantitative estimate of drug-likeness (QED) is 0.685. The number of aromatic nitrogens is 3. The molecule has 2 heterocycles. The van der Waals surface area contributed by atoms with Gasteiger partial charge < -0.3 is 4.98 Å². The Morgan fingerprint density at radius 1 is 1.28 bits per heavy atom. The third-order valence-electron chi connectivity index (χ3n) is 2.95. The van der Waals surface area contributed by atoms with Crippen LogP contribution < -0.4 is 0 Å². The van der Waals surface area contributed by atoms with Crippen molar-refractivity contribution in [1.29, 1.82) is 0 Å². The second kappa shape index (κ2) is 4.14. The fourth-order valence-electron chi connectivity index (χ4n) is 2.04. The highest BCUT2D eigenvalue weighted by molar-refractivity contribution is 5.82. The Bertz CT molecular complexity index is 718. The Kier molecular flexibility index (Phi) is 2.48. The van der Waals surface area contributed by atoms with E-state index >= 15 is 0 Å². The third-order valence-corrected chi connectivity index (χ3v) is 2.95. The van der Waals surface area contributed by atoms with Crippen molar-refractivity contribution in [2.45, 2.75) is 13.8 Å². The van der Waals surface area contributed by atoms with Gasteiger partial charge in [-0.25, -0.2) is 9.66 Å². The highest BCUT2D eigenvalue weighted by Gasteiger charge is 2.01. The van der Waals surface area contributed by atoms with E-state index in [1.165, 1.54) is 0 Å². The number of para-hydroxylation sites is 2. The lowest BCUT2D eigenvalue weighted by molar-refractivity contribution is 0.914. The molecular weight excluding hydrogens is 224 g/mol. The number of imidazole rings is 1. The highest BCUT2D eigenvalue weighted by atomic mass is 15.4. The maximum Gasteiger partial charge on any atom is 0.118 e. The minimum Gasteiger partial charge on any atom is -0.362 e. The molecule has 0 atom stereocenters. The molecule has 0 fully saturated rings. The van der Waals surface area contributed by atoms with Crippen molar-refractivity contribution in [1.82, 2.24) is 14.6 Å². The van der Waals surface area contributed by atoms with Gasteiger partial charge in [-0.2, -0.15) is 5.10 Å². The average molecular weight is 238 g/mol. The van der Waals surface area contributed by atoms with Crippen molar-refractivity contribution in [3.63, 3.8) is 0 Å². The number of nitrogens with zero attached hydrogens (tertiary/aromatic N) is 3. The fraction of sp³-hybridized carbons (Fsp3) is 0.143. The van der Waals surface area contributed by atoms with Crippen LogP contribution in [0.1, 0.15) is 17.0 Å². The van der Waals surface area contributed by atoms with E-state index < -0.39 is 0 Å². The van der Waals surface area contributed by atoms with Crippen LogP contribution in [0.2, 0.25) is 0 Å². The van der Waals surface area contributed by atoms with Gasteiger partial charge in [0.25, 0.3) is 0 Å². The second-order valence-corrected chi connectivity index (χ2v) is 4.36. The first-order valence-corrected chi connectivity index (χ1v) is 5.87. The number of nitrogens with one attached hydrogen (secondary N) is 1. The van der Waals surface area contributed by atoms with Gasteiger partial charge in [-0.15, -0.1) is 0 Å². The maximum absolute atomic E-state index is 4.45. The van der Waals surface area contributed by atoms with Crippen LogP contribution in [0.5, 0.6) is 0 Å². The summed E-state index contributed by atoms with van der Waals surface area (Å²) in [5, 5.41) is 4.45. The van der Waals surface area contributed by atoms with Crippen LogP contribution in [-0.4, -0.2) is 20.9 Å². The van der Waals surface area contributed by atoms with E-state index in [2.05, 4.69) is 21.1 Å². The summed E-state index contributed by atoms with van der Waals surface area (Å²) in [4.78, 5) is 7.56. The summed E-state index contributed by atoms with van der Waals surface area (Å²) < 4.78 is 1.79. The number of benzene rings is 1. The van der Waals surface area contributed by atoms with E-state index in [9.17, 15) is 0 Å². The molecule has 0 aliphatic heterocycles. The topological polar surface area (TPSA) is 46.0 Å². The Balaban J connectivity index is 1.99. The van der Waals surface area contributed by atoms with Gasteiger partial charge in [0.15, 0.2) is 0 Å². The van der Waals surface area contributed by atoms with E-state index in [0.717, 1.165) is 28.0 Å². The zero-order chi connectivity index (χ0) is 12.5. The maximum atomic E-state index is 4.45. The van der Waals surface area contributed by atoms with Gasteiger partial charge in [0.05, 0.1) is 17.2 Å². The van der Waals surface area contributed by atoms with Crippen molar-refractivity contribution in [3.8, 4) is 0 Å². The predicted octanol–water partition coefficient (Wildman–Crippen LogP) is 2.86. The van der Waals surface area contributed by atoms with Crippen molar-refractivity contribution in [3.05, 3.63) is 53.6 Å². The molecule has 0 unspecified atom stereocenters. The van der Waals surface area contributed by atoms with Gasteiger partial charge in [0, 0.05) is 17.0 Å². The molecule has 0 spiro atoms. The number of aromatic amines is 1. The van der Waals surface area contributed by atoms with Gasteiger partial charge in [-0.05, 0) is 32.0 Å². The molecule has 0 bridgehead atoms. The SMILES string of the molecule is Cc1cc(/C=N/n2cnc3ccccc32)c(C)[nH]1. The van der Waals surface area contributed by atoms with Crippen molar-refractivity contribution in [2.75, 3.05) is 0 Å². The number of H-pyrrole nitrogens is 1. The largest absolute Gasteiger partial charge is 0.362 e. The number of hydrogen-bond donors (Lipinski definition) is 1. The van der Waals surface area contributed by atoms with Crippen molar-refractivity contribution in [2.24, 2.45) is 5.10 Å². The van der Waals surface area contributed by atoms with Crippen LogP contribution in [0, 0.1) is 13.8 Å². The van der Waals surface area contributed by atoms with Crippen molar-refractivity contribution < 1.29 is 0 Å². The Morgan fingerprint density at radius 3 is 2.89 bits per heavy atom. The van der Waals surface area contributed by atoms with E-state index in [0.29, 0.717) is 0 Å². The number of aryl methyl sites for hydroxylation is 2. The van der Waals surface area contributed by atoms with E-state index in [4.69, 9.17) is 0 Å². The zero-order valence-corrected chi connectivity index (χ0v) is 10.4. The van der Waals surface area contributed by atoms with Crippen LogP contribution >= 0.6 is 0 Å².